The average molecular weight is 252 g/mol. The normalized spacial score (nSPS) is 14.9. The number of nitrogens with one attached hydrogen (secondary N) is 1. The van der Waals surface area contributed by atoms with Gasteiger partial charge in [-0.05, 0) is 25.0 Å². The van der Waals surface area contributed by atoms with Crippen LogP contribution in [0.2, 0.25) is 0 Å². The van der Waals surface area contributed by atoms with Gasteiger partial charge in [-0.15, -0.1) is 11.3 Å². The molecule has 1 aromatic heterocycles. The van der Waals surface area contributed by atoms with Crippen LogP contribution in [0.3, 0.4) is 0 Å². The van der Waals surface area contributed by atoms with Gasteiger partial charge in [-0.25, -0.2) is 13.8 Å². The van der Waals surface area contributed by atoms with Crippen LogP contribution in [-0.2, 0) is 0 Å². The molecular weight excluding hydrogens is 242 g/mol. The van der Waals surface area contributed by atoms with Gasteiger partial charge in [-0.3, -0.25) is 0 Å². The Bertz CT molecular complexity index is 529. The molecule has 88 valence electrons. The van der Waals surface area contributed by atoms with Crippen LogP contribution in [0, 0.1) is 11.6 Å². The van der Waals surface area contributed by atoms with Crippen molar-refractivity contribution < 1.29 is 8.78 Å². The second-order valence-electron chi connectivity index (χ2n) is 4.11. The van der Waals surface area contributed by atoms with Crippen molar-refractivity contribution in [2.75, 3.05) is 5.32 Å². The molecule has 1 N–H and O–H groups in total. The molecule has 1 saturated carbocycles. The van der Waals surface area contributed by atoms with Gasteiger partial charge < -0.3 is 5.32 Å². The summed E-state index contributed by atoms with van der Waals surface area (Å²) < 4.78 is 26.1. The number of anilines is 1. The highest BCUT2D eigenvalue weighted by atomic mass is 32.1. The Labute approximate surface area is 101 Å². The van der Waals surface area contributed by atoms with E-state index >= 15 is 0 Å². The predicted molar refractivity (Wildman–Crippen MR) is 64.1 cm³/mol. The van der Waals surface area contributed by atoms with Crippen LogP contribution in [0.4, 0.5) is 13.9 Å². The van der Waals surface area contributed by atoms with E-state index in [1.54, 1.807) is 5.38 Å². The first kappa shape index (κ1) is 10.7. The summed E-state index contributed by atoms with van der Waals surface area (Å²) in [6, 6.07) is 3.97. The maximum atomic E-state index is 13.1. The molecule has 0 aliphatic heterocycles. The predicted octanol–water partition coefficient (Wildman–Crippen LogP) is 3.66. The van der Waals surface area contributed by atoms with Crippen molar-refractivity contribution in [3.63, 3.8) is 0 Å². The largest absolute Gasteiger partial charge is 0.359 e. The van der Waals surface area contributed by atoms with E-state index in [1.165, 1.54) is 36.3 Å². The van der Waals surface area contributed by atoms with Crippen LogP contribution >= 0.6 is 11.3 Å². The fraction of sp³-hybridized carbons (Fsp3) is 0.250. The second-order valence-corrected chi connectivity index (χ2v) is 4.97. The molecular formula is C12H10F2N2S. The maximum Gasteiger partial charge on any atom is 0.183 e. The summed E-state index contributed by atoms with van der Waals surface area (Å²) in [6.45, 7) is 0. The first-order valence-electron chi connectivity index (χ1n) is 5.39. The topological polar surface area (TPSA) is 24.9 Å². The highest BCUT2D eigenvalue weighted by Crippen LogP contribution is 2.30. The van der Waals surface area contributed by atoms with E-state index in [0.717, 1.165) is 11.2 Å². The molecule has 3 rings (SSSR count). The Morgan fingerprint density at radius 1 is 1.18 bits per heavy atom. The van der Waals surface area contributed by atoms with E-state index in [4.69, 9.17) is 0 Å². The van der Waals surface area contributed by atoms with Crippen molar-refractivity contribution in [1.29, 1.82) is 0 Å². The van der Waals surface area contributed by atoms with Gasteiger partial charge in [0.15, 0.2) is 5.13 Å². The first-order chi connectivity index (χ1) is 8.20. The van der Waals surface area contributed by atoms with Crippen molar-refractivity contribution in [2.24, 2.45) is 0 Å². The number of aromatic nitrogens is 1. The molecule has 2 aromatic rings. The maximum absolute atomic E-state index is 13.1. The number of benzene rings is 1. The Balaban J connectivity index is 1.88. The van der Waals surface area contributed by atoms with Gasteiger partial charge in [0, 0.05) is 23.1 Å². The fourth-order valence-corrected chi connectivity index (χ4v) is 2.37. The third-order valence-corrected chi connectivity index (χ3v) is 3.34. The minimum Gasteiger partial charge on any atom is -0.359 e. The number of nitrogens with zero attached hydrogens (tertiary/aromatic N) is 1. The molecule has 0 unspecified atom stereocenters. The van der Waals surface area contributed by atoms with E-state index < -0.39 is 11.6 Å². The summed E-state index contributed by atoms with van der Waals surface area (Å²) in [6.07, 6.45) is 2.34. The molecule has 1 fully saturated rings. The standard InChI is InChI=1S/C12H10F2N2S/c13-8-3-7(4-9(14)5-8)11-6-17-12(16-11)15-10-1-2-10/h3-6,10H,1-2H2,(H,15,16). The second kappa shape index (κ2) is 4.07. The van der Waals surface area contributed by atoms with Crippen molar-refractivity contribution in [3.8, 4) is 11.3 Å². The molecule has 0 spiro atoms. The monoisotopic (exact) mass is 252 g/mol. The lowest BCUT2D eigenvalue weighted by atomic mass is 10.2. The zero-order valence-electron chi connectivity index (χ0n) is 8.91. The average Bonchev–Trinajstić information content (AvgIpc) is 2.93. The molecule has 0 bridgehead atoms. The fourth-order valence-electron chi connectivity index (χ4n) is 1.58. The van der Waals surface area contributed by atoms with Gasteiger partial charge in [0.05, 0.1) is 5.69 Å². The highest BCUT2D eigenvalue weighted by molar-refractivity contribution is 7.14. The number of rotatable bonds is 3. The van der Waals surface area contributed by atoms with Gasteiger partial charge in [-0.2, -0.15) is 0 Å². The lowest BCUT2D eigenvalue weighted by Crippen LogP contribution is -1.99. The van der Waals surface area contributed by atoms with E-state index in [-0.39, 0.29) is 0 Å². The SMILES string of the molecule is Fc1cc(F)cc(-c2csc(NC3CC3)n2)c1. The zero-order chi connectivity index (χ0) is 11.8. The van der Waals surface area contributed by atoms with Gasteiger partial charge in [0.1, 0.15) is 11.6 Å². The van der Waals surface area contributed by atoms with Crippen LogP contribution in [0.25, 0.3) is 11.3 Å². The molecule has 1 heterocycles. The van der Waals surface area contributed by atoms with E-state index in [1.807, 2.05) is 0 Å². The molecule has 1 aliphatic carbocycles. The Morgan fingerprint density at radius 2 is 1.88 bits per heavy atom. The smallest absolute Gasteiger partial charge is 0.183 e. The third-order valence-electron chi connectivity index (χ3n) is 2.57. The zero-order valence-corrected chi connectivity index (χ0v) is 9.73. The lowest BCUT2D eigenvalue weighted by molar-refractivity contribution is 0.584. The Hall–Kier alpha value is -1.49. The van der Waals surface area contributed by atoms with Gasteiger partial charge in [-0.1, -0.05) is 0 Å². The summed E-state index contributed by atoms with van der Waals surface area (Å²) in [4.78, 5) is 4.32. The molecule has 0 amide bonds. The highest BCUT2D eigenvalue weighted by Gasteiger charge is 2.22. The summed E-state index contributed by atoms with van der Waals surface area (Å²) in [5.41, 5.74) is 1.08. The van der Waals surface area contributed by atoms with Gasteiger partial charge in [0.25, 0.3) is 0 Å². The van der Waals surface area contributed by atoms with Crippen LogP contribution in [-0.4, -0.2) is 11.0 Å². The van der Waals surface area contributed by atoms with Crippen molar-refractivity contribution >= 4 is 16.5 Å². The first-order valence-corrected chi connectivity index (χ1v) is 6.27. The number of thiazole rings is 1. The van der Waals surface area contributed by atoms with Crippen molar-refractivity contribution in [2.45, 2.75) is 18.9 Å². The minimum atomic E-state index is -0.579. The number of halogens is 2. The number of hydrogen-bond donors (Lipinski definition) is 1. The molecule has 1 aromatic carbocycles. The molecule has 17 heavy (non-hydrogen) atoms. The summed E-state index contributed by atoms with van der Waals surface area (Å²) in [7, 11) is 0. The Morgan fingerprint density at radius 3 is 2.53 bits per heavy atom. The van der Waals surface area contributed by atoms with Crippen LogP contribution in [0.5, 0.6) is 0 Å². The Kier molecular flexibility index (Phi) is 2.55. The van der Waals surface area contributed by atoms with E-state index in [9.17, 15) is 8.78 Å². The van der Waals surface area contributed by atoms with Crippen LogP contribution in [0.15, 0.2) is 23.6 Å². The molecule has 5 heteroatoms. The summed E-state index contributed by atoms with van der Waals surface area (Å²) in [5, 5.41) is 5.87. The molecule has 0 saturated heterocycles. The van der Waals surface area contributed by atoms with Crippen LogP contribution < -0.4 is 5.32 Å². The molecule has 0 atom stereocenters. The van der Waals surface area contributed by atoms with Gasteiger partial charge >= 0.3 is 0 Å². The van der Waals surface area contributed by atoms with E-state index in [0.29, 0.717) is 17.3 Å². The van der Waals surface area contributed by atoms with Gasteiger partial charge in [0.2, 0.25) is 0 Å². The number of hydrogen-bond acceptors (Lipinski definition) is 3. The van der Waals surface area contributed by atoms with Crippen molar-refractivity contribution in [1.82, 2.24) is 4.98 Å². The van der Waals surface area contributed by atoms with Crippen LogP contribution in [0.1, 0.15) is 12.8 Å². The summed E-state index contributed by atoms with van der Waals surface area (Å²) in [5.74, 6) is -1.16. The minimum absolute atomic E-state index is 0.475. The molecule has 2 nitrogen and oxygen atoms in total. The van der Waals surface area contributed by atoms with Crippen molar-refractivity contribution in [3.05, 3.63) is 35.2 Å². The summed E-state index contributed by atoms with van der Waals surface area (Å²) >= 11 is 1.46. The molecule has 0 radical (unpaired) electrons. The lowest BCUT2D eigenvalue weighted by Gasteiger charge is -1.99. The van der Waals surface area contributed by atoms with E-state index in [2.05, 4.69) is 10.3 Å². The third kappa shape index (κ3) is 2.44. The molecule has 1 aliphatic rings. The quantitative estimate of drug-likeness (QED) is 0.901.